The molecule has 0 unspecified atom stereocenters. The predicted octanol–water partition coefficient (Wildman–Crippen LogP) is 2.19. The molecular weight excluding hydrogens is 250 g/mol. The van der Waals surface area contributed by atoms with E-state index in [0.717, 1.165) is 28.3 Å². The lowest BCUT2D eigenvalue weighted by Crippen LogP contribution is -2.01. The summed E-state index contributed by atoms with van der Waals surface area (Å²) in [5.74, 6) is 2.80. The molecule has 1 aromatic heterocycles. The minimum Gasteiger partial charge on any atom is -0.372 e. The average Bonchev–Trinajstić information content (AvgIpc) is 2.16. The molecule has 0 aliphatic rings. The summed E-state index contributed by atoms with van der Waals surface area (Å²) in [6, 6.07) is 0. The van der Waals surface area contributed by atoms with Gasteiger partial charge in [0.25, 0.3) is 0 Å². The Balaban J connectivity index is 2.74. The number of hydrogen-bond acceptors (Lipinski definition) is 4. The van der Waals surface area contributed by atoms with E-state index in [1.165, 1.54) is 0 Å². The van der Waals surface area contributed by atoms with Crippen LogP contribution < -0.4 is 5.32 Å². The van der Waals surface area contributed by atoms with Gasteiger partial charge in [-0.2, -0.15) is 11.8 Å². The van der Waals surface area contributed by atoms with Crippen molar-refractivity contribution in [3.8, 4) is 0 Å². The first-order valence-corrected chi connectivity index (χ1v) is 6.14. The molecule has 72 valence electrons. The summed E-state index contributed by atoms with van der Waals surface area (Å²) in [5, 5.41) is 3.01. The Labute approximate surface area is 90.9 Å². The van der Waals surface area contributed by atoms with Crippen LogP contribution in [0.4, 0.5) is 5.82 Å². The molecule has 0 fully saturated rings. The summed E-state index contributed by atoms with van der Waals surface area (Å²) < 4.78 is 0.905. The maximum absolute atomic E-state index is 4.35. The molecule has 0 radical (unpaired) electrons. The van der Waals surface area contributed by atoms with Crippen molar-refractivity contribution in [2.24, 2.45) is 0 Å². The van der Waals surface area contributed by atoms with Gasteiger partial charge in [0.05, 0.1) is 4.47 Å². The highest BCUT2D eigenvalue weighted by Crippen LogP contribution is 2.17. The zero-order valence-corrected chi connectivity index (χ0v) is 10.1. The average molecular weight is 262 g/mol. The predicted molar refractivity (Wildman–Crippen MR) is 61.4 cm³/mol. The van der Waals surface area contributed by atoms with Crippen LogP contribution in [-0.2, 0) is 6.42 Å². The molecule has 5 heteroatoms. The van der Waals surface area contributed by atoms with Gasteiger partial charge in [0.1, 0.15) is 11.6 Å². The molecule has 1 N–H and O–H groups in total. The fraction of sp³-hybridized carbons (Fsp3) is 0.500. The van der Waals surface area contributed by atoms with Gasteiger partial charge in [0.2, 0.25) is 0 Å². The van der Waals surface area contributed by atoms with Gasteiger partial charge in [-0.25, -0.2) is 9.97 Å². The summed E-state index contributed by atoms with van der Waals surface area (Å²) in [7, 11) is 1.85. The van der Waals surface area contributed by atoms with Crippen LogP contribution in [0.2, 0.25) is 0 Å². The van der Waals surface area contributed by atoms with E-state index in [-0.39, 0.29) is 0 Å². The van der Waals surface area contributed by atoms with Crippen molar-refractivity contribution < 1.29 is 0 Å². The Bertz CT molecular complexity index is 280. The number of rotatable bonds is 4. The number of aryl methyl sites for hydroxylation is 1. The fourth-order valence-electron chi connectivity index (χ4n) is 0.893. The number of nitrogens with one attached hydrogen (secondary N) is 1. The highest BCUT2D eigenvalue weighted by atomic mass is 79.9. The zero-order chi connectivity index (χ0) is 9.68. The van der Waals surface area contributed by atoms with Crippen LogP contribution in [-0.4, -0.2) is 29.0 Å². The highest BCUT2D eigenvalue weighted by Gasteiger charge is 2.02. The number of hydrogen-bond donors (Lipinski definition) is 1. The smallest absolute Gasteiger partial charge is 0.143 e. The van der Waals surface area contributed by atoms with Crippen LogP contribution in [0, 0.1) is 0 Å². The second-order valence-corrected chi connectivity index (χ2v) is 4.32. The third kappa shape index (κ3) is 3.15. The molecule has 3 nitrogen and oxygen atoms in total. The van der Waals surface area contributed by atoms with Crippen LogP contribution >= 0.6 is 27.7 Å². The molecule has 0 saturated carbocycles. The lowest BCUT2D eigenvalue weighted by molar-refractivity contribution is 0.944. The summed E-state index contributed by atoms with van der Waals surface area (Å²) in [4.78, 5) is 8.56. The van der Waals surface area contributed by atoms with Crippen LogP contribution in [0.15, 0.2) is 10.7 Å². The Kier molecular flexibility index (Phi) is 4.52. The number of anilines is 1. The summed E-state index contributed by atoms with van der Waals surface area (Å²) >= 11 is 5.17. The SMILES string of the molecule is CNc1nc(CCSC)ncc1Br. The monoisotopic (exact) mass is 261 g/mol. The third-order valence-electron chi connectivity index (χ3n) is 1.56. The van der Waals surface area contributed by atoms with E-state index in [0.29, 0.717) is 0 Å². The molecule has 0 aliphatic carbocycles. The standard InChI is InChI=1S/C8H12BrN3S/c1-10-8-6(9)5-11-7(12-8)3-4-13-2/h5H,3-4H2,1-2H3,(H,10,11,12). The first kappa shape index (κ1) is 10.8. The Morgan fingerprint density at radius 2 is 2.38 bits per heavy atom. The maximum Gasteiger partial charge on any atom is 0.143 e. The van der Waals surface area contributed by atoms with E-state index in [1.807, 2.05) is 7.05 Å². The normalized spacial score (nSPS) is 10.1. The van der Waals surface area contributed by atoms with Gasteiger partial charge in [-0.05, 0) is 22.2 Å². The minimum absolute atomic E-state index is 0.853. The number of halogens is 1. The van der Waals surface area contributed by atoms with E-state index in [4.69, 9.17) is 0 Å². The third-order valence-corrected chi connectivity index (χ3v) is 2.75. The van der Waals surface area contributed by atoms with Crippen LogP contribution in [0.1, 0.15) is 5.82 Å². The van der Waals surface area contributed by atoms with Gasteiger partial charge in [0.15, 0.2) is 0 Å². The van der Waals surface area contributed by atoms with Crippen molar-refractivity contribution in [3.63, 3.8) is 0 Å². The maximum atomic E-state index is 4.35. The summed E-state index contributed by atoms with van der Waals surface area (Å²) in [6.07, 6.45) is 4.79. The lowest BCUT2D eigenvalue weighted by atomic mass is 10.4. The molecule has 1 heterocycles. The highest BCUT2D eigenvalue weighted by molar-refractivity contribution is 9.10. The van der Waals surface area contributed by atoms with Gasteiger partial charge in [0, 0.05) is 25.4 Å². The second-order valence-electron chi connectivity index (χ2n) is 2.48. The van der Waals surface area contributed by atoms with Crippen molar-refractivity contribution >= 4 is 33.5 Å². The van der Waals surface area contributed by atoms with Crippen molar-refractivity contribution in [1.82, 2.24) is 9.97 Å². The molecular formula is C8H12BrN3S. The van der Waals surface area contributed by atoms with Crippen molar-refractivity contribution in [2.45, 2.75) is 6.42 Å². The van der Waals surface area contributed by atoms with E-state index in [1.54, 1.807) is 18.0 Å². The van der Waals surface area contributed by atoms with Gasteiger partial charge in [-0.1, -0.05) is 0 Å². The van der Waals surface area contributed by atoms with Crippen LogP contribution in [0.5, 0.6) is 0 Å². The summed E-state index contributed by atoms with van der Waals surface area (Å²) in [6.45, 7) is 0. The van der Waals surface area contributed by atoms with Gasteiger partial charge >= 0.3 is 0 Å². The summed E-state index contributed by atoms with van der Waals surface area (Å²) in [5.41, 5.74) is 0. The molecule has 1 aromatic rings. The van der Waals surface area contributed by atoms with Crippen LogP contribution in [0.3, 0.4) is 0 Å². The number of aromatic nitrogens is 2. The fourth-order valence-corrected chi connectivity index (χ4v) is 1.67. The Morgan fingerprint density at radius 1 is 1.62 bits per heavy atom. The molecule has 13 heavy (non-hydrogen) atoms. The molecule has 0 amide bonds. The molecule has 0 saturated heterocycles. The number of nitrogens with zero attached hydrogens (tertiary/aromatic N) is 2. The first-order valence-electron chi connectivity index (χ1n) is 3.96. The first-order chi connectivity index (χ1) is 6.27. The Hall–Kier alpha value is -0.290. The van der Waals surface area contributed by atoms with Crippen molar-refractivity contribution in [3.05, 3.63) is 16.5 Å². The molecule has 0 spiro atoms. The molecule has 0 aliphatic heterocycles. The van der Waals surface area contributed by atoms with E-state index in [9.17, 15) is 0 Å². The van der Waals surface area contributed by atoms with Gasteiger partial charge in [-0.3, -0.25) is 0 Å². The van der Waals surface area contributed by atoms with E-state index in [2.05, 4.69) is 37.5 Å². The van der Waals surface area contributed by atoms with Crippen molar-refractivity contribution in [1.29, 1.82) is 0 Å². The second kappa shape index (κ2) is 5.44. The van der Waals surface area contributed by atoms with E-state index < -0.39 is 0 Å². The molecule has 0 aromatic carbocycles. The largest absolute Gasteiger partial charge is 0.372 e. The van der Waals surface area contributed by atoms with Gasteiger partial charge < -0.3 is 5.32 Å². The molecule has 1 rings (SSSR count). The minimum atomic E-state index is 0.853. The lowest BCUT2D eigenvalue weighted by Gasteiger charge is -2.04. The van der Waals surface area contributed by atoms with Crippen molar-refractivity contribution in [2.75, 3.05) is 24.4 Å². The number of thioether (sulfide) groups is 1. The van der Waals surface area contributed by atoms with Crippen LogP contribution in [0.25, 0.3) is 0 Å². The van der Waals surface area contributed by atoms with E-state index >= 15 is 0 Å². The zero-order valence-electron chi connectivity index (χ0n) is 7.67. The molecule has 0 bridgehead atoms. The molecule has 0 atom stereocenters. The van der Waals surface area contributed by atoms with Gasteiger partial charge in [-0.15, -0.1) is 0 Å². The Morgan fingerprint density at radius 3 is 3.00 bits per heavy atom. The topological polar surface area (TPSA) is 37.8 Å². The quantitative estimate of drug-likeness (QED) is 0.902.